The predicted octanol–water partition coefficient (Wildman–Crippen LogP) is 4.61. The fraction of sp³-hybridized carbons (Fsp3) is 0.462. The Morgan fingerprint density at radius 3 is 2.23 bits per heavy atom. The van der Waals surface area contributed by atoms with E-state index in [1.807, 2.05) is 45.0 Å². The molecule has 0 fully saturated rings. The van der Waals surface area contributed by atoms with Crippen LogP contribution in [0.15, 0.2) is 48.5 Å². The van der Waals surface area contributed by atoms with Gasteiger partial charge in [-0.2, -0.15) is 0 Å². The predicted molar refractivity (Wildman–Crippen MR) is 123 cm³/mol. The minimum Gasteiger partial charge on any atom is -0.352 e. The average molecular weight is 409 g/mol. The summed E-state index contributed by atoms with van der Waals surface area (Å²) in [5.41, 5.74) is 4.55. The van der Waals surface area contributed by atoms with Crippen molar-refractivity contribution >= 4 is 11.8 Å². The van der Waals surface area contributed by atoms with E-state index in [0.717, 1.165) is 18.4 Å². The maximum absolute atomic E-state index is 13.3. The topological polar surface area (TPSA) is 49.4 Å². The number of hydrogen-bond acceptors (Lipinski definition) is 2. The summed E-state index contributed by atoms with van der Waals surface area (Å²) in [6, 6.07) is 15.9. The quantitative estimate of drug-likeness (QED) is 0.624. The smallest absolute Gasteiger partial charge is 0.243 e. The summed E-state index contributed by atoms with van der Waals surface area (Å²) in [6.07, 6.45) is 2.49. The van der Waals surface area contributed by atoms with Gasteiger partial charge in [-0.25, -0.2) is 0 Å². The maximum atomic E-state index is 13.3. The summed E-state index contributed by atoms with van der Waals surface area (Å²) in [5, 5.41) is 3.06. The molecule has 0 heterocycles. The van der Waals surface area contributed by atoms with Crippen molar-refractivity contribution in [1.82, 2.24) is 10.2 Å². The summed E-state index contributed by atoms with van der Waals surface area (Å²) in [6.45, 7) is 10.7. The van der Waals surface area contributed by atoms with Crippen molar-refractivity contribution in [3.63, 3.8) is 0 Å². The number of carbonyl (C=O) groups is 2. The van der Waals surface area contributed by atoms with Crippen LogP contribution >= 0.6 is 0 Å². The number of nitrogens with zero attached hydrogens (tertiary/aromatic N) is 1. The van der Waals surface area contributed by atoms with Crippen molar-refractivity contribution in [3.8, 4) is 0 Å². The molecule has 4 heteroatoms. The van der Waals surface area contributed by atoms with Crippen LogP contribution in [-0.2, 0) is 22.4 Å². The largest absolute Gasteiger partial charge is 0.352 e. The first-order chi connectivity index (χ1) is 14.3. The van der Waals surface area contributed by atoms with Crippen molar-refractivity contribution in [3.05, 3.63) is 70.8 Å². The molecule has 0 aromatic heterocycles. The monoisotopic (exact) mass is 408 g/mol. The van der Waals surface area contributed by atoms with Crippen LogP contribution in [0.25, 0.3) is 0 Å². The standard InChI is InChI=1S/C26H36N2O2/c1-6-21(5)27-26(30)24(7-2)28(16-15-22-11-9-8-10-12-22)25(29)18-23-14-13-19(3)20(4)17-23/h8-14,17,21,24H,6-7,15-16,18H2,1-5H3,(H,27,30)/t21-,24-/m0/s1. The highest BCUT2D eigenvalue weighted by molar-refractivity contribution is 5.88. The van der Waals surface area contributed by atoms with E-state index in [9.17, 15) is 9.59 Å². The lowest BCUT2D eigenvalue weighted by molar-refractivity contribution is -0.140. The van der Waals surface area contributed by atoms with Gasteiger partial charge in [0.25, 0.3) is 0 Å². The van der Waals surface area contributed by atoms with E-state index in [4.69, 9.17) is 0 Å². The second-order valence-corrected chi connectivity index (χ2v) is 8.16. The van der Waals surface area contributed by atoms with Crippen LogP contribution in [0.4, 0.5) is 0 Å². The molecule has 30 heavy (non-hydrogen) atoms. The molecule has 4 nitrogen and oxygen atoms in total. The molecular weight excluding hydrogens is 372 g/mol. The van der Waals surface area contributed by atoms with Gasteiger partial charge in [0.2, 0.25) is 11.8 Å². The number of hydrogen-bond donors (Lipinski definition) is 1. The van der Waals surface area contributed by atoms with Gasteiger partial charge in [-0.05, 0) is 62.3 Å². The average Bonchev–Trinajstić information content (AvgIpc) is 2.74. The van der Waals surface area contributed by atoms with Crippen molar-refractivity contribution in [2.24, 2.45) is 0 Å². The molecule has 2 amide bonds. The van der Waals surface area contributed by atoms with Crippen LogP contribution in [0.2, 0.25) is 0 Å². The molecule has 0 aliphatic rings. The molecule has 0 aliphatic carbocycles. The van der Waals surface area contributed by atoms with Crippen LogP contribution < -0.4 is 5.32 Å². The van der Waals surface area contributed by atoms with Crippen molar-refractivity contribution in [1.29, 1.82) is 0 Å². The van der Waals surface area contributed by atoms with Crippen LogP contribution in [0.1, 0.15) is 55.9 Å². The van der Waals surface area contributed by atoms with Gasteiger partial charge in [0.05, 0.1) is 6.42 Å². The molecule has 0 unspecified atom stereocenters. The van der Waals surface area contributed by atoms with E-state index >= 15 is 0 Å². The van der Waals surface area contributed by atoms with Gasteiger partial charge in [0.15, 0.2) is 0 Å². The molecule has 1 N–H and O–H groups in total. The van der Waals surface area contributed by atoms with E-state index in [-0.39, 0.29) is 17.9 Å². The Kier molecular flexibility index (Phi) is 9.10. The van der Waals surface area contributed by atoms with E-state index < -0.39 is 6.04 Å². The van der Waals surface area contributed by atoms with Crippen LogP contribution in [-0.4, -0.2) is 35.3 Å². The molecule has 0 bridgehead atoms. The number of rotatable bonds is 10. The van der Waals surface area contributed by atoms with E-state index in [2.05, 4.69) is 43.4 Å². The zero-order valence-electron chi connectivity index (χ0n) is 19.1. The number of carbonyl (C=O) groups excluding carboxylic acids is 2. The highest BCUT2D eigenvalue weighted by Crippen LogP contribution is 2.15. The normalized spacial score (nSPS) is 12.8. The summed E-state index contributed by atoms with van der Waals surface area (Å²) >= 11 is 0. The zero-order chi connectivity index (χ0) is 22.1. The van der Waals surface area contributed by atoms with Gasteiger partial charge in [-0.15, -0.1) is 0 Å². The van der Waals surface area contributed by atoms with Crippen LogP contribution in [0.5, 0.6) is 0 Å². The van der Waals surface area contributed by atoms with Crippen LogP contribution in [0, 0.1) is 13.8 Å². The van der Waals surface area contributed by atoms with E-state index in [1.54, 1.807) is 4.90 Å². The minimum absolute atomic E-state index is 0.000311. The number of amides is 2. The molecular formula is C26H36N2O2. The van der Waals surface area contributed by atoms with Gasteiger partial charge in [-0.3, -0.25) is 9.59 Å². The van der Waals surface area contributed by atoms with Crippen molar-refractivity contribution in [2.75, 3.05) is 6.54 Å². The third-order valence-electron chi connectivity index (χ3n) is 5.80. The fourth-order valence-corrected chi connectivity index (χ4v) is 3.53. The maximum Gasteiger partial charge on any atom is 0.243 e. The molecule has 2 rings (SSSR count). The molecule has 0 saturated carbocycles. The SMILES string of the molecule is CC[C@H](C)NC(=O)[C@H](CC)N(CCc1ccccc1)C(=O)Cc1ccc(C)c(C)c1. The Morgan fingerprint density at radius 1 is 0.933 bits per heavy atom. The highest BCUT2D eigenvalue weighted by atomic mass is 16.2. The first-order valence-corrected chi connectivity index (χ1v) is 11.1. The second-order valence-electron chi connectivity index (χ2n) is 8.16. The second kappa shape index (κ2) is 11.5. The first-order valence-electron chi connectivity index (χ1n) is 11.1. The molecule has 0 aliphatic heterocycles. The molecule has 0 saturated heterocycles. The summed E-state index contributed by atoms with van der Waals surface area (Å²) < 4.78 is 0. The Morgan fingerprint density at radius 2 is 1.63 bits per heavy atom. The molecule has 0 spiro atoms. The van der Waals surface area contributed by atoms with Gasteiger partial charge >= 0.3 is 0 Å². The van der Waals surface area contributed by atoms with E-state index in [1.165, 1.54) is 16.7 Å². The lowest BCUT2D eigenvalue weighted by Crippen LogP contribution is -2.52. The van der Waals surface area contributed by atoms with Crippen molar-refractivity contribution < 1.29 is 9.59 Å². The minimum atomic E-state index is -0.457. The van der Waals surface area contributed by atoms with Gasteiger partial charge in [0.1, 0.15) is 6.04 Å². The third-order valence-corrected chi connectivity index (χ3v) is 5.80. The van der Waals surface area contributed by atoms with Gasteiger partial charge in [-0.1, -0.05) is 62.4 Å². The summed E-state index contributed by atoms with van der Waals surface area (Å²) in [7, 11) is 0. The fourth-order valence-electron chi connectivity index (χ4n) is 3.53. The number of benzene rings is 2. The lowest BCUT2D eigenvalue weighted by Gasteiger charge is -2.31. The van der Waals surface area contributed by atoms with Crippen molar-refractivity contribution in [2.45, 2.75) is 72.4 Å². The molecule has 0 radical (unpaired) electrons. The van der Waals surface area contributed by atoms with E-state index in [0.29, 0.717) is 19.4 Å². The first kappa shape index (κ1) is 23.7. The third kappa shape index (κ3) is 6.72. The molecule has 162 valence electrons. The summed E-state index contributed by atoms with van der Waals surface area (Å²) in [5.74, 6) is -0.0614. The van der Waals surface area contributed by atoms with Gasteiger partial charge < -0.3 is 10.2 Å². The summed E-state index contributed by atoms with van der Waals surface area (Å²) in [4.78, 5) is 28.1. The highest BCUT2D eigenvalue weighted by Gasteiger charge is 2.28. The number of nitrogens with one attached hydrogen (secondary N) is 1. The Labute approximate surface area is 181 Å². The van der Waals surface area contributed by atoms with Crippen LogP contribution in [0.3, 0.4) is 0 Å². The Hall–Kier alpha value is -2.62. The zero-order valence-corrected chi connectivity index (χ0v) is 19.1. The molecule has 2 aromatic rings. The lowest BCUT2D eigenvalue weighted by atomic mass is 10.0. The molecule has 2 atom stereocenters. The Balaban J connectivity index is 2.22. The Bertz CT molecular complexity index is 832. The molecule has 2 aromatic carbocycles. The van der Waals surface area contributed by atoms with Gasteiger partial charge in [0, 0.05) is 12.6 Å². The number of aryl methyl sites for hydroxylation is 2.